The number of anilines is 1. The summed E-state index contributed by atoms with van der Waals surface area (Å²) in [6.45, 7) is 9.12. The van der Waals surface area contributed by atoms with E-state index in [0.717, 1.165) is 18.5 Å². The zero-order chi connectivity index (χ0) is 14.6. The summed E-state index contributed by atoms with van der Waals surface area (Å²) in [4.78, 5) is 18.4. The molecular weight excluding hydrogens is 238 g/mol. The molecule has 0 bridgehead atoms. The molecule has 0 aliphatic heterocycles. The van der Waals surface area contributed by atoms with Crippen molar-refractivity contribution < 1.29 is 4.79 Å². The van der Waals surface area contributed by atoms with Gasteiger partial charge in [-0.15, -0.1) is 0 Å². The number of aryl methyl sites for hydroxylation is 1. The van der Waals surface area contributed by atoms with Gasteiger partial charge < -0.3 is 10.6 Å². The molecule has 0 saturated heterocycles. The summed E-state index contributed by atoms with van der Waals surface area (Å²) in [6, 6.07) is 3.50. The van der Waals surface area contributed by atoms with Crippen molar-refractivity contribution in [3.8, 4) is 0 Å². The molecule has 0 aliphatic carbocycles. The minimum Gasteiger partial charge on any atom is -0.384 e. The SMILES string of the molecule is CCCc1cc(C(=O)N(C)CC(C)(C)C)cc(N)n1. The van der Waals surface area contributed by atoms with Gasteiger partial charge in [-0.25, -0.2) is 4.98 Å². The summed E-state index contributed by atoms with van der Waals surface area (Å²) in [7, 11) is 1.82. The van der Waals surface area contributed by atoms with Crippen LogP contribution in [0.2, 0.25) is 0 Å². The van der Waals surface area contributed by atoms with Gasteiger partial charge in [0.1, 0.15) is 5.82 Å². The maximum Gasteiger partial charge on any atom is 0.253 e. The van der Waals surface area contributed by atoms with Gasteiger partial charge in [-0.3, -0.25) is 4.79 Å². The molecule has 0 fully saturated rings. The number of aromatic nitrogens is 1. The Morgan fingerprint density at radius 1 is 1.37 bits per heavy atom. The van der Waals surface area contributed by atoms with E-state index in [2.05, 4.69) is 32.7 Å². The molecular formula is C15H25N3O. The van der Waals surface area contributed by atoms with Crippen molar-refractivity contribution in [1.82, 2.24) is 9.88 Å². The second-order valence-corrected chi connectivity index (χ2v) is 6.24. The minimum atomic E-state index is 0.00128. The molecule has 1 heterocycles. The van der Waals surface area contributed by atoms with E-state index >= 15 is 0 Å². The summed E-state index contributed by atoms with van der Waals surface area (Å²) in [6.07, 6.45) is 1.83. The highest BCUT2D eigenvalue weighted by molar-refractivity contribution is 5.94. The van der Waals surface area contributed by atoms with Crippen molar-refractivity contribution in [2.45, 2.75) is 40.5 Å². The van der Waals surface area contributed by atoms with Crippen molar-refractivity contribution in [2.75, 3.05) is 19.3 Å². The maximum absolute atomic E-state index is 12.4. The third-order valence-corrected chi connectivity index (χ3v) is 2.71. The normalized spacial score (nSPS) is 11.4. The Hall–Kier alpha value is -1.58. The first kappa shape index (κ1) is 15.5. The molecule has 0 radical (unpaired) electrons. The predicted molar refractivity (Wildman–Crippen MR) is 79.1 cm³/mol. The number of nitrogen functional groups attached to an aromatic ring is 1. The summed E-state index contributed by atoms with van der Waals surface area (Å²) in [5.41, 5.74) is 7.36. The number of pyridine rings is 1. The van der Waals surface area contributed by atoms with Crippen LogP contribution in [0.4, 0.5) is 5.82 Å². The Labute approximate surface area is 116 Å². The number of carbonyl (C=O) groups excluding carboxylic acids is 1. The highest BCUT2D eigenvalue weighted by Crippen LogP contribution is 2.17. The Bertz CT molecular complexity index is 449. The van der Waals surface area contributed by atoms with E-state index in [1.165, 1.54) is 0 Å². The molecule has 0 spiro atoms. The highest BCUT2D eigenvalue weighted by atomic mass is 16.2. The van der Waals surface area contributed by atoms with Crippen LogP contribution in [0.15, 0.2) is 12.1 Å². The lowest BCUT2D eigenvalue weighted by atomic mass is 9.96. The van der Waals surface area contributed by atoms with E-state index in [9.17, 15) is 4.79 Å². The Balaban J connectivity index is 2.92. The van der Waals surface area contributed by atoms with Crippen LogP contribution in [0.3, 0.4) is 0 Å². The average Bonchev–Trinajstić information content (AvgIpc) is 2.25. The highest BCUT2D eigenvalue weighted by Gasteiger charge is 2.19. The molecule has 4 nitrogen and oxygen atoms in total. The largest absolute Gasteiger partial charge is 0.384 e. The van der Waals surface area contributed by atoms with Crippen LogP contribution in [0.5, 0.6) is 0 Å². The van der Waals surface area contributed by atoms with Gasteiger partial charge in [-0.2, -0.15) is 0 Å². The second kappa shape index (κ2) is 6.04. The fourth-order valence-electron chi connectivity index (χ4n) is 2.12. The van der Waals surface area contributed by atoms with Crippen LogP contribution in [0.1, 0.15) is 50.2 Å². The van der Waals surface area contributed by atoms with Crippen molar-refractivity contribution in [1.29, 1.82) is 0 Å². The first-order chi connectivity index (χ1) is 8.73. The molecule has 0 unspecified atom stereocenters. The number of hydrogen-bond acceptors (Lipinski definition) is 3. The third kappa shape index (κ3) is 4.89. The quantitative estimate of drug-likeness (QED) is 0.908. The van der Waals surface area contributed by atoms with Crippen LogP contribution in [0, 0.1) is 5.41 Å². The van der Waals surface area contributed by atoms with E-state index in [1.807, 2.05) is 13.1 Å². The Kier molecular flexibility index (Phi) is 4.92. The maximum atomic E-state index is 12.4. The molecule has 1 aromatic rings. The smallest absolute Gasteiger partial charge is 0.253 e. The lowest BCUT2D eigenvalue weighted by Crippen LogP contribution is -2.34. The van der Waals surface area contributed by atoms with Gasteiger partial charge in [0, 0.05) is 24.8 Å². The summed E-state index contributed by atoms with van der Waals surface area (Å²) in [5, 5.41) is 0. The molecule has 0 aromatic carbocycles. The number of hydrogen-bond donors (Lipinski definition) is 1. The number of nitrogens with two attached hydrogens (primary N) is 1. The number of rotatable bonds is 4. The number of amides is 1. The molecule has 0 atom stereocenters. The lowest BCUT2D eigenvalue weighted by Gasteiger charge is -2.26. The zero-order valence-electron chi connectivity index (χ0n) is 12.7. The summed E-state index contributed by atoms with van der Waals surface area (Å²) < 4.78 is 0. The molecule has 106 valence electrons. The van der Waals surface area contributed by atoms with Gasteiger partial charge in [0.15, 0.2) is 0 Å². The molecule has 1 amide bonds. The van der Waals surface area contributed by atoms with E-state index in [-0.39, 0.29) is 11.3 Å². The van der Waals surface area contributed by atoms with E-state index in [0.29, 0.717) is 17.9 Å². The number of carbonyl (C=O) groups is 1. The monoisotopic (exact) mass is 263 g/mol. The predicted octanol–water partition coefficient (Wildman–Crippen LogP) is 2.73. The average molecular weight is 263 g/mol. The van der Waals surface area contributed by atoms with Crippen molar-refractivity contribution >= 4 is 11.7 Å². The first-order valence-corrected chi connectivity index (χ1v) is 6.75. The fourth-order valence-corrected chi connectivity index (χ4v) is 2.12. The zero-order valence-corrected chi connectivity index (χ0v) is 12.7. The Morgan fingerprint density at radius 3 is 2.53 bits per heavy atom. The van der Waals surface area contributed by atoms with Crippen LogP contribution in [-0.2, 0) is 6.42 Å². The molecule has 1 aromatic heterocycles. The molecule has 19 heavy (non-hydrogen) atoms. The van der Waals surface area contributed by atoms with Crippen LogP contribution in [-0.4, -0.2) is 29.4 Å². The Morgan fingerprint density at radius 2 is 2.00 bits per heavy atom. The van der Waals surface area contributed by atoms with Crippen LogP contribution in [0.25, 0.3) is 0 Å². The number of nitrogens with zero attached hydrogens (tertiary/aromatic N) is 2. The van der Waals surface area contributed by atoms with Gasteiger partial charge in [0.2, 0.25) is 0 Å². The standard InChI is InChI=1S/C15H25N3O/c1-6-7-12-8-11(9-13(16)17-12)14(19)18(5)10-15(2,3)4/h8-9H,6-7,10H2,1-5H3,(H2,16,17). The van der Waals surface area contributed by atoms with E-state index in [4.69, 9.17) is 5.73 Å². The van der Waals surface area contributed by atoms with Crippen molar-refractivity contribution in [3.63, 3.8) is 0 Å². The van der Waals surface area contributed by atoms with Gasteiger partial charge in [-0.1, -0.05) is 34.1 Å². The topological polar surface area (TPSA) is 59.2 Å². The van der Waals surface area contributed by atoms with E-state index < -0.39 is 0 Å². The fraction of sp³-hybridized carbons (Fsp3) is 0.600. The van der Waals surface area contributed by atoms with Gasteiger partial charge >= 0.3 is 0 Å². The molecule has 2 N–H and O–H groups in total. The van der Waals surface area contributed by atoms with Gasteiger partial charge in [0.25, 0.3) is 5.91 Å². The second-order valence-electron chi connectivity index (χ2n) is 6.24. The van der Waals surface area contributed by atoms with Crippen LogP contribution < -0.4 is 5.73 Å². The van der Waals surface area contributed by atoms with Crippen molar-refractivity contribution in [2.24, 2.45) is 5.41 Å². The first-order valence-electron chi connectivity index (χ1n) is 6.75. The summed E-state index contributed by atoms with van der Waals surface area (Å²) >= 11 is 0. The molecule has 4 heteroatoms. The molecule has 0 saturated carbocycles. The third-order valence-electron chi connectivity index (χ3n) is 2.71. The van der Waals surface area contributed by atoms with Crippen molar-refractivity contribution in [3.05, 3.63) is 23.4 Å². The van der Waals surface area contributed by atoms with Gasteiger partial charge in [0.05, 0.1) is 0 Å². The molecule has 1 rings (SSSR count). The summed E-state index contributed by atoms with van der Waals surface area (Å²) in [5.74, 6) is 0.417. The molecule has 0 aliphatic rings. The lowest BCUT2D eigenvalue weighted by molar-refractivity contribution is 0.0745. The van der Waals surface area contributed by atoms with Crippen LogP contribution >= 0.6 is 0 Å². The van der Waals surface area contributed by atoms with Gasteiger partial charge in [-0.05, 0) is 24.0 Å². The van der Waals surface area contributed by atoms with E-state index in [1.54, 1.807) is 11.0 Å². The minimum absolute atomic E-state index is 0.00128.